The van der Waals surface area contributed by atoms with Crippen molar-refractivity contribution in [2.24, 2.45) is 7.05 Å². The molecule has 32 heavy (non-hydrogen) atoms. The molecule has 1 saturated carbocycles. The monoisotopic (exact) mass is 430 g/mol. The molecular formula is C24H26N6O2. The maximum Gasteiger partial charge on any atom is 0.253 e. The lowest BCUT2D eigenvalue weighted by molar-refractivity contribution is 0.0922. The number of hydrogen-bond acceptors (Lipinski definition) is 5. The van der Waals surface area contributed by atoms with Crippen LogP contribution in [0.1, 0.15) is 47.8 Å². The van der Waals surface area contributed by atoms with E-state index >= 15 is 0 Å². The molecule has 1 aromatic carbocycles. The summed E-state index contributed by atoms with van der Waals surface area (Å²) in [5, 5.41) is 18.5. The van der Waals surface area contributed by atoms with Crippen LogP contribution in [0.3, 0.4) is 0 Å². The molecule has 0 aliphatic heterocycles. The number of nitrogens with zero attached hydrogens (tertiary/aromatic N) is 5. The molecule has 1 amide bonds. The highest BCUT2D eigenvalue weighted by Gasteiger charge is 2.26. The standard InChI is InChI=1S/C24H26N6O2/c1-15-23(20-11-19(31)7-8-22(20)29(15)2)24(32)28-17-3-5-18(6-4-17)30-14-16(12-27-30)21-13-25-9-10-26-21/h7-14,17-18,31H,3-6H2,1-2H3,(H,28,32). The minimum atomic E-state index is -0.0776. The summed E-state index contributed by atoms with van der Waals surface area (Å²) in [7, 11) is 1.94. The molecule has 8 heteroatoms. The molecule has 3 aromatic heterocycles. The predicted molar refractivity (Wildman–Crippen MR) is 121 cm³/mol. The van der Waals surface area contributed by atoms with Gasteiger partial charge in [0.2, 0.25) is 0 Å². The zero-order valence-corrected chi connectivity index (χ0v) is 18.2. The molecule has 0 radical (unpaired) electrons. The van der Waals surface area contributed by atoms with Crippen molar-refractivity contribution in [3.8, 4) is 17.0 Å². The maximum absolute atomic E-state index is 13.1. The second kappa shape index (κ2) is 8.11. The number of carbonyl (C=O) groups excluding carboxylic acids is 1. The SMILES string of the molecule is Cc1c(C(=O)NC2CCC(n3cc(-c4cnccn4)cn3)CC2)c2cc(O)ccc2n1C. The Kier molecular flexibility index (Phi) is 5.13. The zero-order valence-electron chi connectivity index (χ0n) is 18.2. The van der Waals surface area contributed by atoms with Crippen LogP contribution in [-0.4, -0.2) is 41.4 Å². The topological polar surface area (TPSA) is 97.9 Å². The van der Waals surface area contributed by atoms with E-state index in [1.807, 2.05) is 41.7 Å². The van der Waals surface area contributed by atoms with E-state index in [2.05, 4.69) is 20.4 Å². The quantitative estimate of drug-likeness (QED) is 0.514. The zero-order chi connectivity index (χ0) is 22.2. The Morgan fingerprint density at radius 1 is 1.16 bits per heavy atom. The number of nitrogens with one attached hydrogen (secondary N) is 1. The average molecular weight is 431 g/mol. The van der Waals surface area contributed by atoms with Crippen molar-refractivity contribution >= 4 is 16.8 Å². The summed E-state index contributed by atoms with van der Waals surface area (Å²) in [6.45, 7) is 1.94. The molecule has 3 heterocycles. The van der Waals surface area contributed by atoms with E-state index in [0.29, 0.717) is 11.6 Å². The lowest BCUT2D eigenvalue weighted by atomic mass is 9.91. The van der Waals surface area contributed by atoms with E-state index in [9.17, 15) is 9.90 Å². The van der Waals surface area contributed by atoms with Gasteiger partial charge in [0.05, 0.1) is 29.7 Å². The molecule has 5 rings (SSSR count). The lowest BCUT2D eigenvalue weighted by Gasteiger charge is -2.29. The molecule has 164 valence electrons. The average Bonchev–Trinajstić information content (AvgIpc) is 3.39. The molecule has 0 atom stereocenters. The van der Waals surface area contributed by atoms with Crippen molar-refractivity contribution in [2.45, 2.75) is 44.7 Å². The summed E-state index contributed by atoms with van der Waals surface area (Å²) in [5.74, 6) is 0.0870. The van der Waals surface area contributed by atoms with Gasteiger partial charge in [0, 0.05) is 53.8 Å². The first-order valence-corrected chi connectivity index (χ1v) is 10.9. The van der Waals surface area contributed by atoms with Gasteiger partial charge in [0.25, 0.3) is 5.91 Å². The number of carbonyl (C=O) groups is 1. The Morgan fingerprint density at radius 2 is 1.97 bits per heavy atom. The molecule has 2 N–H and O–H groups in total. The first kappa shape index (κ1) is 20.2. The van der Waals surface area contributed by atoms with Crippen molar-refractivity contribution in [1.29, 1.82) is 0 Å². The van der Waals surface area contributed by atoms with Crippen LogP contribution in [0.4, 0.5) is 0 Å². The highest BCUT2D eigenvalue weighted by molar-refractivity contribution is 6.08. The van der Waals surface area contributed by atoms with Crippen LogP contribution in [0, 0.1) is 6.92 Å². The number of hydrogen-bond donors (Lipinski definition) is 2. The smallest absolute Gasteiger partial charge is 0.253 e. The molecule has 4 aromatic rings. The number of benzene rings is 1. The molecule has 8 nitrogen and oxygen atoms in total. The Balaban J connectivity index is 1.26. The van der Waals surface area contributed by atoms with Crippen molar-refractivity contribution in [3.05, 3.63) is 60.4 Å². The van der Waals surface area contributed by atoms with Gasteiger partial charge < -0.3 is 15.0 Å². The van der Waals surface area contributed by atoms with E-state index in [4.69, 9.17) is 0 Å². The summed E-state index contributed by atoms with van der Waals surface area (Å²) in [5.41, 5.74) is 4.25. The minimum absolute atomic E-state index is 0.0776. The first-order chi connectivity index (χ1) is 15.5. The van der Waals surface area contributed by atoms with Gasteiger partial charge in [-0.3, -0.25) is 19.4 Å². The Labute approximate surface area is 185 Å². The fourth-order valence-corrected chi connectivity index (χ4v) is 4.71. The third-order valence-electron chi connectivity index (χ3n) is 6.57. The second-order valence-electron chi connectivity index (χ2n) is 8.50. The number of fused-ring (bicyclic) bond motifs is 1. The predicted octanol–water partition coefficient (Wildman–Crippen LogP) is 3.76. The van der Waals surface area contributed by atoms with Crippen LogP contribution >= 0.6 is 0 Å². The number of aromatic hydroxyl groups is 1. The highest BCUT2D eigenvalue weighted by atomic mass is 16.3. The second-order valence-corrected chi connectivity index (χ2v) is 8.50. The Hall–Kier alpha value is -3.68. The van der Waals surface area contributed by atoms with E-state index in [0.717, 1.165) is 53.5 Å². The number of amides is 1. The van der Waals surface area contributed by atoms with Gasteiger partial charge in [0.1, 0.15) is 5.75 Å². The fraction of sp³-hybridized carbons (Fsp3) is 0.333. The fourth-order valence-electron chi connectivity index (χ4n) is 4.71. The van der Waals surface area contributed by atoms with Crippen molar-refractivity contribution in [3.63, 3.8) is 0 Å². The summed E-state index contributed by atoms with van der Waals surface area (Å²) in [6, 6.07) is 5.60. The largest absolute Gasteiger partial charge is 0.508 e. The molecule has 0 spiro atoms. The summed E-state index contributed by atoms with van der Waals surface area (Å²) >= 11 is 0. The number of phenols is 1. The molecule has 0 saturated heterocycles. The van der Waals surface area contributed by atoms with Crippen LogP contribution in [-0.2, 0) is 7.05 Å². The summed E-state index contributed by atoms with van der Waals surface area (Å²) < 4.78 is 4.01. The van der Waals surface area contributed by atoms with Gasteiger partial charge in [-0.2, -0.15) is 5.10 Å². The molecule has 1 fully saturated rings. The van der Waals surface area contributed by atoms with Crippen LogP contribution in [0.5, 0.6) is 5.75 Å². The van der Waals surface area contributed by atoms with E-state index in [1.54, 1.807) is 30.7 Å². The van der Waals surface area contributed by atoms with Gasteiger partial charge >= 0.3 is 0 Å². The summed E-state index contributed by atoms with van der Waals surface area (Å²) in [6.07, 6.45) is 12.6. The molecular weight excluding hydrogens is 404 g/mol. The first-order valence-electron chi connectivity index (χ1n) is 10.9. The van der Waals surface area contributed by atoms with E-state index in [1.165, 1.54) is 0 Å². The normalized spacial score (nSPS) is 18.7. The van der Waals surface area contributed by atoms with Gasteiger partial charge in [-0.1, -0.05) is 0 Å². The number of phenolic OH excluding ortho intramolecular Hbond substituents is 1. The molecule has 0 bridgehead atoms. The third kappa shape index (κ3) is 3.62. The Bertz CT molecular complexity index is 1270. The van der Waals surface area contributed by atoms with E-state index in [-0.39, 0.29) is 17.7 Å². The van der Waals surface area contributed by atoms with Gasteiger partial charge in [-0.15, -0.1) is 0 Å². The van der Waals surface area contributed by atoms with Crippen molar-refractivity contribution in [1.82, 2.24) is 29.6 Å². The van der Waals surface area contributed by atoms with Gasteiger partial charge in [-0.25, -0.2) is 0 Å². The van der Waals surface area contributed by atoms with Crippen LogP contribution in [0.15, 0.2) is 49.2 Å². The lowest BCUT2D eigenvalue weighted by Crippen LogP contribution is -2.38. The number of rotatable bonds is 4. The number of aryl methyl sites for hydroxylation is 1. The van der Waals surface area contributed by atoms with Crippen LogP contribution in [0.25, 0.3) is 22.2 Å². The minimum Gasteiger partial charge on any atom is -0.508 e. The van der Waals surface area contributed by atoms with Gasteiger partial charge in [0.15, 0.2) is 0 Å². The van der Waals surface area contributed by atoms with Gasteiger partial charge in [-0.05, 0) is 50.8 Å². The van der Waals surface area contributed by atoms with Crippen LogP contribution in [0.2, 0.25) is 0 Å². The third-order valence-corrected chi connectivity index (χ3v) is 6.57. The van der Waals surface area contributed by atoms with Crippen molar-refractivity contribution in [2.75, 3.05) is 0 Å². The Morgan fingerprint density at radius 3 is 2.72 bits per heavy atom. The van der Waals surface area contributed by atoms with Crippen LogP contribution < -0.4 is 5.32 Å². The molecule has 1 aliphatic carbocycles. The number of aromatic nitrogens is 5. The molecule has 0 unspecified atom stereocenters. The summed E-state index contributed by atoms with van der Waals surface area (Å²) in [4.78, 5) is 21.6. The molecule has 1 aliphatic rings. The van der Waals surface area contributed by atoms with E-state index < -0.39 is 0 Å². The highest BCUT2D eigenvalue weighted by Crippen LogP contribution is 2.31. The van der Waals surface area contributed by atoms with Crippen molar-refractivity contribution < 1.29 is 9.90 Å². The maximum atomic E-state index is 13.1.